The van der Waals surface area contributed by atoms with Crippen LogP contribution in [0.2, 0.25) is 0 Å². The Kier molecular flexibility index (Phi) is 8.76. The lowest BCUT2D eigenvalue weighted by atomic mass is 9.84. The molecule has 13 N–H and O–H groups in total. The van der Waals surface area contributed by atoms with E-state index in [2.05, 4.69) is 0 Å². The van der Waals surface area contributed by atoms with Crippen molar-refractivity contribution in [2.24, 2.45) is 22.9 Å². The predicted octanol–water partition coefficient (Wildman–Crippen LogP) is -5.28. The third-order valence-electron chi connectivity index (χ3n) is 6.31. The van der Waals surface area contributed by atoms with Crippen LogP contribution in [0.5, 0.6) is 0 Å². The molecular weight excluding hydrogens is 435 g/mol. The summed E-state index contributed by atoms with van der Waals surface area (Å²) in [6.45, 7) is -0.571. The number of aliphatic hydroxyl groups excluding tert-OH is 5. The summed E-state index contributed by atoms with van der Waals surface area (Å²) in [6.07, 6.45) is -14.5. The Hall–Kier alpha value is -0.590. The molecule has 0 radical (unpaired) electrons. The summed E-state index contributed by atoms with van der Waals surface area (Å²) in [5, 5.41) is 50.7. The quantitative estimate of drug-likeness (QED) is 0.176. The summed E-state index contributed by atoms with van der Waals surface area (Å²) in [4.78, 5) is 0. The molecule has 13 nitrogen and oxygen atoms in total. The van der Waals surface area contributed by atoms with E-state index in [4.69, 9.17) is 41.9 Å². The van der Waals surface area contributed by atoms with Gasteiger partial charge in [0, 0.05) is 25.0 Å². The Bertz CT molecular complexity index is 611. The van der Waals surface area contributed by atoms with Gasteiger partial charge in [0.2, 0.25) is 0 Å². The fraction of sp³-hybridized carbons (Fsp3) is 1.00. The van der Waals surface area contributed by atoms with Crippen LogP contribution in [0.3, 0.4) is 0 Å². The van der Waals surface area contributed by atoms with Crippen LogP contribution in [0, 0.1) is 0 Å². The standard InChI is InChI=1S/C18H35FN4O9/c19-6-1-5(3-20)29-17(11(6)25)31-15-7(21)2-8(22)16(14(15)28)32-18-13(27)10(23)12(26)9(4-24)30-18/h5-18,24-28H,1-4,20-23H2. The Balaban J connectivity index is 1.71. The van der Waals surface area contributed by atoms with Crippen LogP contribution in [-0.2, 0) is 18.9 Å². The minimum Gasteiger partial charge on any atom is -0.394 e. The van der Waals surface area contributed by atoms with E-state index < -0.39 is 92.3 Å². The number of alkyl halides is 1. The molecule has 188 valence electrons. The van der Waals surface area contributed by atoms with Crippen LogP contribution in [0.25, 0.3) is 0 Å². The molecule has 14 atom stereocenters. The highest BCUT2D eigenvalue weighted by Gasteiger charge is 2.50. The lowest BCUT2D eigenvalue weighted by Crippen LogP contribution is -2.68. The predicted molar refractivity (Wildman–Crippen MR) is 105 cm³/mol. The van der Waals surface area contributed by atoms with Gasteiger partial charge in [-0.3, -0.25) is 0 Å². The topological polar surface area (TPSA) is 242 Å². The van der Waals surface area contributed by atoms with Crippen LogP contribution >= 0.6 is 0 Å². The second-order valence-corrected chi connectivity index (χ2v) is 8.64. The van der Waals surface area contributed by atoms with Crippen LogP contribution in [-0.4, -0.2) is 124 Å². The number of halogens is 1. The molecule has 0 aromatic carbocycles. The zero-order valence-electron chi connectivity index (χ0n) is 17.5. The zero-order valence-corrected chi connectivity index (χ0v) is 17.5. The van der Waals surface area contributed by atoms with Crippen molar-refractivity contribution in [3.8, 4) is 0 Å². The van der Waals surface area contributed by atoms with Crippen molar-refractivity contribution in [1.29, 1.82) is 0 Å². The van der Waals surface area contributed by atoms with Gasteiger partial charge in [0.05, 0.1) is 18.8 Å². The average molecular weight is 470 g/mol. The van der Waals surface area contributed by atoms with E-state index >= 15 is 0 Å². The third kappa shape index (κ3) is 5.22. The molecule has 2 saturated heterocycles. The molecular formula is C18H35FN4O9. The first-order chi connectivity index (χ1) is 15.1. The first-order valence-corrected chi connectivity index (χ1v) is 10.6. The first-order valence-electron chi connectivity index (χ1n) is 10.6. The fourth-order valence-corrected chi connectivity index (χ4v) is 4.33. The highest BCUT2D eigenvalue weighted by atomic mass is 19.1. The minimum absolute atomic E-state index is 0.0118. The number of hydrogen-bond acceptors (Lipinski definition) is 13. The van der Waals surface area contributed by atoms with Gasteiger partial charge in [-0.05, 0) is 6.42 Å². The van der Waals surface area contributed by atoms with E-state index in [1.807, 2.05) is 0 Å². The van der Waals surface area contributed by atoms with Crippen LogP contribution in [0.15, 0.2) is 0 Å². The molecule has 3 fully saturated rings. The van der Waals surface area contributed by atoms with Crippen LogP contribution < -0.4 is 22.9 Å². The number of rotatable bonds is 6. The van der Waals surface area contributed by atoms with E-state index in [-0.39, 0.29) is 19.4 Å². The molecule has 3 aliphatic rings. The Morgan fingerprint density at radius 2 is 1.38 bits per heavy atom. The average Bonchev–Trinajstić information content (AvgIpc) is 2.76. The van der Waals surface area contributed by atoms with Gasteiger partial charge >= 0.3 is 0 Å². The molecule has 32 heavy (non-hydrogen) atoms. The Labute approximate surface area is 184 Å². The van der Waals surface area contributed by atoms with Gasteiger partial charge in [0.15, 0.2) is 12.6 Å². The van der Waals surface area contributed by atoms with E-state index in [9.17, 15) is 29.9 Å². The summed E-state index contributed by atoms with van der Waals surface area (Å²) >= 11 is 0. The SMILES string of the molecule is NCC1CC(F)C(O)C(OC2C(N)CC(N)C(OC3OC(CO)C(O)C(N)C3O)C2O)O1. The normalized spacial score (nSPS) is 52.7. The molecule has 2 aliphatic heterocycles. The van der Waals surface area contributed by atoms with Gasteiger partial charge in [-0.2, -0.15) is 0 Å². The number of hydrogen-bond donors (Lipinski definition) is 9. The van der Waals surface area contributed by atoms with Crippen molar-refractivity contribution >= 4 is 0 Å². The molecule has 14 unspecified atom stereocenters. The van der Waals surface area contributed by atoms with Crippen molar-refractivity contribution in [2.75, 3.05) is 13.2 Å². The number of aliphatic hydroxyl groups is 5. The lowest BCUT2D eigenvalue weighted by Gasteiger charge is -2.47. The highest BCUT2D eigenvalue weighted by Crippen LogP contribution is 2.31. The van der Waals surface area contributed by atoms with Gasteiger partial charge < -0.3 is 67.4 Å². The largest absolute Gasteiger partial charge is 0.394 e. The monoisotopic (exact) mass is 470 g/mol. The lowest BCUT2D eigenvalue weighted by molar-refractivity contribution is -0.320. The number of ether oxygens (including phenoxy) is 4. The van der Waals surface area contributed by atoms with Crippen LogP contribution in [0.4, 0.5) is 4.39 Å². The van der Waals surface area contributed by atoms with Gasteiger partial charge in [-0.25, -0.2) is 4.39 Å². The van der Waals surface area contributed by atoms with Crippen molar-refractivity contribution < 1.29 is 48.9 Å². The van der Waals surface area contributed by atoms with E-state index in [0.29, 0.717) is 0 Å². The van der Waals surface area contributed by atoms with Gasteiger partial charge in [0.25, 0.3) is 0 Å². The first kappa shape index (κ1) is 26.0. The molecule has 1 aliphatic carbocycles. The van der Waals surface area contributed by atoms with E-state index in [1.54, 1.807) is 0 Å². The van der Waals surface area contributed by atoms with Gasteiger partial charge in [-0.1, -0.05) is 0 Å². The maximum Gasteiger partial charge on any atom is 0.187 e. The van der Waals surface area contributed by atoms with Crippen molar-refractivity contribution in [1.82, 2.24) is 0 Å². The smallest absolute Gasteiger partial charge is 0.187 e. The second kappa shape index (κ2) is 10.8. The summed E-state index contributed by atoms with van der Waals surface area (Å²) in [7, 11) is 0. The molecule has 2 heterocycles. The second-order valence-electron chi connectivity index (χ2n) is 8.64. The maximum atomic E-state index is 14.1. The zero-order chi connectivity index (χ0) is 23.7. The van der Waals surface area contributed by atoms with Crippen molar-refractivity contribution in [3.63, 3.8) is 0 Å². The molecule has 0 amide bonds. The van der Waals surface area contributed by atoms with E-state index in [1.165, 1.54) is 0 Å². The molecule has 14 heteroatoms. The molecule has 0 spiro atoms. The minimum atomic E-state index is -1.64. The highest BCUT2D eigenvalue weighted by molar-refractivity contribution is 5.01. The van der Waals surface area contributed by atoms with Crippen LogP contribution in [0.1, 0.15) is 12.8 Å². The van der Waals surface area contributed by atoms with Crippen molar-refractivity contribution in [2.45, 2.75) is 98.6 Å². The Morgan fingerprint density at radius 3 is 1.91 bits per heavy atom. The third-order valence-corrected chi connectivity index (χ3v) is 6.31. The molecule has 3 rings (SSSR count). The van der Waals surface area contributed by atoms with E-state index in [0.717, 1.165) is 0 Å². The van der Waals surface area contributed by atoms with Crippen molar-refractivity contribution in [3.05, 3.63) is 0 Å². The fourth-order valence-electron chi connectivity index (χ4n) is 4.33. The summed E-state index contributed by atoms with van der Waals surface area (Å²) < 4.78 is 36.4. The molecule has 1 saturated carbocycles. The molecule has 0 aromatic heterocycles. The summed E-state index contributed by atoms with van der Waals surface area (Å²) in [5.41, 5.74) is 23.5. The van der Waals surface area contributed by atoms with Gasteiger partial charge in [0.1, 0.15) is 48.9 Å². The molecule has 0 bridgehead atoms. The summed E-state index contributed by atoms with van der Waals surface area (Å²) in [5.74, 6) is 0. The molecule has 0 aromatic rings. The number of nitrogens with two attached hydrogens (primary N) is 4. The maximum absolute atomic E-state index is 14.1. The van der Waals surface area contributed by atoms with Gasteiger partial charge in [-0.15, -0.1) is 0 Å². The Morgan fingerprint density at radius 1 is 0.812 bits per heavy atom. The summed E-state index contributed by atoms with van der Waals surface area (Å²) in [6, 6.07) is -2.80.